The minimum Gasteiger partial charge on any atom is -1.00 e. The van der Waals surface area contributed by atoms with Crippen LogP contribution in [0, 0.1) is 55.4 Å². The van der Waals surface area contributed by atoms with Crippen LogP contribution in [0.25, 0.3) is 88.1 Å². The van der Waals surface area contributed by atoms with Crippen LogP contribution in [0.3, 0.4) is 0 Å². The van der Waals surface area contributed by atoms with Crippen LogP contribution in [-0.4, -0.2) is 19.9 Å². The van der Waals surface area contributed by atoms with Crippen molar-refractivity contribution in [2.24, 2.45) is 0 Å². The summed E-state index contributed by atoms with van der Waals surface area (Å²) in [5.74, 6) is 0. The molecule has 4 nitrogen and oxygen atoms in total. The summed E-state index contributed by atoms with van der Waals surface area (Å²) >= 11 is 0. The van der Waals surface area contributed by atoms with Crippen LogP contribution >= 0.6 is 0 Å². The molecule has 0 spiro atoms. The summed E-state index contributed by atoms with van der Waals surface area (Å²) in [6.45, 7) is 17.2. The molecular formula is C64H56Cl2N4Zr2-2. The van der Waals surface area contributed by atoms with E-state index in [0.29, 0.717) is 0 Å². The number of halogens is 2. The van der Waals surface area contributed by atoms with Gasteiger partial charge in [-0.25, -0.2) is 0 Å². The molecule has 8 aromatic carbocycles. The van der Waals surface area contributed by atoms with Crippen molar-refractivity contribution in [2.75, 3.05) is 0 Å². The first-order chi connectivity index (χ1) is 33.0. The van der Waals surface area contributed by atoms with Gasteiger partial charge >= 0.3 is 52.4 Å². The zero-order valence-corrected chi connectivity index (χ0v) is 48.4. The second kappa shape index (κ2) is 25.8. The van der Waals surface area contributed by atoms with Gasteiger partial charge in [-0.15, -0.1) is 136 Å². The third-order valence-electron chi connectivity index (χ3n) is 12.8. The largest absolute Gasteiger partial charge is 2.00 e. The van der Waals surface area contributed by atoms with Crippen LogP contribution in [0.1, 0.15) is 44.5 Å². The number of hydrogen-bond acceptors (Lipinski definition) is 4. The first-order valence-electron chi connectivity index (χ1n) is 23.3. The number of benzene rings is 4. The van der Waals surface area contributed by atoms with E-state index in [1.807, 2.05) is 73.3 Å². The third-order valence-corrected chi connectivity index (χ3v) is 12.8. The van der Waals surface area contributed by atoms with Crippen LogP contribution in [0.4, 0.5) is 0 Å². The Hall–Kier alpha value is -5.73. The fraction of sp³-hybridized carbons (Fsp3) is 0.125. The quantitative estimate of drug-likeness (QED) is 0.165. The van der Waals surface area contributed by atoms with Gasteiger partial charge in [0.25, 0.3) is 0 Å². The van der Waals surface area contributed by atoms with Gasteiger partial charge in [0.2, 0.25) is 0 Å². The Bertz CT molecular complexity index is 3160. The number of nitrogens with zero attached hydrogens (tertiary/aromatic N) is 4. The minimum atomic E-state index is 0. The van der Waals surface area contributed by atoms with Crippen LogP contribution < -0.4 is 24.8 Å². The van der Waals surface area contributed by atoms with E-state index in [4.69, 9.17) is 0 Å². The monoisotopic (exact) mass is 1130 g/mol. The van der Waals surface area contributed by atoms with Crippen LogP contribution in [-0.2, 0) is 52.4 Å². The van der Waals surface area contributed by atoms with Crippen molar-refractivity contribution in [1.82, 2.24) is 19.9 Å². The van der Waals surface area contributed by atoms with E-state index < -0.39 is 0 Å². The molecule has 0 saturated carbocycles. The fourth-order valence-corrected chi connectivity index (χ4v) is 9.34. The molecule has 356 valence electrons. The average Bonchev–Trinajstić information content (AvgIpc) is 4.17. The smallest absolute Gasteiger partial charge is 1.00 e. The summed E-state index contributed by atoms with van der Waals surface area (Å²) in [5.41, 5.74) is 19.6. The normalized spacial score (nSPS) is 10.3. The van der Waals surface area contributed by atoms with E-state index in [0.717, 1.165) is 22.8 Å². The molecule has 0 fully saturated rings. The van der Waals surface area contributed by atoms with Gasteiger partial charge in [-0.2, -0.15) is 24.3 Å². The summed E-state index contributed by atoms with van der Waals surface area (Å²) in [5, 5.41) is 10.6. The van der Waals surface area contributed by atoms with Crippen LogP contribution in [0.15, 0.2) is 195 Å². The molecule has 0 saturated heterocycles. The van der Waals surface area contributed by atoms with Crippen LogP contribution in [0.5, 0.6) is 0 Å². The predicted octanol–water partition coefficient (Wildman–Crippen LogP) is 11.0. The van der Waals surface area contributed by atoms with Crippen LogP contribution in [0.2, 0.25) is 0 Å². The molecule has 12 aromatic rings. The SMILES string of the molecule is Cc1cc2c(-c3ccccn3)ccc(C)c2[cH-]1.Cc1cc2c(-c3ccccn3)ccc(C)c2[cH-]1.Cc1cc2c(-c3ccccn3)ccc(C)c2[cH-]1.Cc1cc2c(-c3ccccn3)ccc(C)c2[cH-]1.[Cl-].[Cl-].[Zr+2].[Zr+2]. The first-order valence-corrected chi connectivity index (χ1v) is 23.3. The Morgan fingerprint density at radius 3 is 0.667 bits per heavy atom. The first kappa shape index (κ1) is 57.2. The van der Waals surface area contributed by atoms with Gasteiger partial charge in [0.05, 0.1) is 22.8 Å². The van der Waals surface area contributed by atoms with Crippen molar-refractivity contribution >= 4 is 43.1 Å². The molecule has 0 atom stereocenters. The molecule has 8 heteroatoms. The van der Waals surface area contributed by atoms with E-state index in [1.165, 1.54) is 110 Å². The third kappa shape index (κ3) is 12.7. The van der Waals surface area contributed by atoms with Gasteiger partial charge in [0.1, 0.15) is 0 Å². The molecule has 4 aromatic heterocycles. The molecular weight excluding hydrogens is 1080 g/mol. The Balaban J connectivity index is 0.000000175. The van der Waals surface area contributed by atoms with E-state index in [2.05, 4.69) is 197 Å². The molecule has 12 rings (SSSR count). The van der Waals surface area contributed by atoms with Crippen molar-refractivity contribution in [3.63, 3.8) is 0 Å². The molecule has 4 heterocycles. The van der Waals surface area contributed by atoms with Crippen molar-refractivity contribution < 1.29 is 77.2 Å². The molecule has 0 aliphatic carbocycles. The average molecular weight is 1130 g/mol. The number of hydrogen-bond donors (Lipinski definition) is 0. The van der Waals surface area contributed by atoms with Gasteiger partial charge in [0.15, 0.2) is 0 Å². The second-order valence-electron chi connectivity index (χ2n) is 18.0. The maximum atomic E-state index is 4.44. The van der Waals surface area contributed by atoms with Gasteiger partial charge in [-0.05, 0) is 70.8 Å². The molecule has 0 amide bonds. The molecule has 0 N–H and O–H groups in total. The van der Waals surface area contributed by atoms with Crippen molar-refractivity contribution in [3.05, 3.63) is 239 Å². The number of aryl methyl sites for hydroxylation is 8. The number of fused-ring (bicyclic) bond motifs is 4. The van der Waals surface area contributed by atoms with Gasteiger partial charge in [-0.1, -0.05) is 104 Å². The summed E-state index contributed by atoms with van der Waals surface area (Å²) in [6, 6.07) is 59.5. The van der Waals surface area contributed by atoms with E-state index in [9.17, 15) is 0 Å². The number of pyridine rings is 4. The summed E-state index contributed by atoms with van der Waals surface area (Å²) in [6.07, 6.45) is 7.38. The molecule has 72 heavy (non-hydrogen) atoms. The van der Waals surface area contributed by atoms with Gasteiger partial charge < -0.3 is 24.8 Å². The van der Waals surface area contributed by atoms with Crippen molar-refractivity contribution in [3.8, 4) is 45.0 Å². The number of aromatic nitrogens is 4. The van der Waals surface area contributed by atoms with Gasteiger partial charge in [0, 0.05) is 24.8 Å². The summed E-state index contributed by atoms with van der Waals surface area (Å²) < 4.78 is 0. The van der Waals surface area contributed by atoms with Crippen molar-refractivity contribution in [1.29, 1.82) is 0 Å². The zero-order valence-electron chi connectivity index (χ0n) is 42.0. The van der Waals surface area contributed by atoms with Crippen molar-refractivity contribution in [2.45, 2.75) is 55.4 Å². The molecule has 0 bridgehead atoms. The van der Waals surface area contributed by atoms with E-state index >= 15 is 0 Å². The predicted molar refractivity (Wildman–Crippen MR) is 289 cm³/mol. The Kier molecular flexibility index (Phi) is 20.5. The van der Waals surface area contributed by atoms with E-state index in [1.54, 1.807) is 0 Å². The Morgan fingerprint density at radius 1 is 0.278 bits per heavy atom. The maximum absolute atomic E-state index is 4.44. The standard InChI is InChI=1S/4C16H14N.2ClH.2Zr/c4*1-11-9-14-12(2)6-7-13(15(14)10-11)16-5-3-4-8-17-16;;;;/h4*3-10H,1-2H3;2*1H;;/q4*-1;;;2*+2/p-2. The second-order valence-corrected chi connectivity index (χ2v) is 18.0. The fourth-order valence-electron chi connectivity index (χ4n) is 9.34. The summed E-state index contributed by atoms with van der Waals surface area (Å²) in [7, 11) is 0. The summed E-state index contributed by atoms with van der Waals surface area (Å²) in [4.78, 5) is 17.8. The molecule has 0 aliphatic heterocycles. The Labute approximate surface area is 475 Å². The molecule has 0 unspecified atom stereocenters. The number of rotatable bonds is 4. The molecule has 0 radical (unpaired) electrons. The van der Waals surface area contributed by atoms with E-state index in [-0.39, 0.29) is 77.2 Å². The minimum absolute atomic E-state index is 0. The Morgan fingerprint density at radius 2 is 0.486 bits per heavy atom. The molecule has 0 aliphatic rings. The zero-order chi connectivity index (χ0) is 47.3. The topological polar surface area (TPSA) is 51.6 Å². The van der Waals surface area contributed by atoms with Gasteiger partial charge in [-0.3, -0.25) is 19.9 Å². The maximum Gasteiger partial charge on any atom is 2.00 e.